The Hall–Kier alpha value is -1.85. The van der Waals surface area contributed by atoms with Gasteiger partial charge in [0.2, 0.25) is 5.95 Å². The van der Waals surface area contributed by atoms with E-state index in [1.807, 2.05) is 25.9 Å². The van der Waals surface area contributed by atoms with Crippen LogP contribution in [0.25, 0.3) is 0 Å². The zero-order valence-corrected chi connectivity index (χ0v) is 9.10. The summed E-state index contributed by atoms with van der Waals surface area (Å²) in [6, 6.07) is 0. The lowest BCUT2D eigenvalue weighted by Crippen LogP contribution is -2.18. The van der Waals surface area contributed by atoms with Crippen LogP contribution in [-0.4, -0.2) is 35.1 Å². The van der Waals surface area contributed by atoms with E-state index in [2.05, 4.69) is 15.1 Å². The molecule has 1 aromatic rings. The van der Waals surface area contributed by atoms with E-state index in [1.165, 1.54) is 0 Å². The van der Waals surface area contributed by atoms with Crippen molar-refractivity contribution >= 4 is 11.8 Å². The second-order valence-corrected chi connectivity index (χ2v) is 3.44. The van der Waals surface area contributed by atoms with Gasteiger partial charge < -0.3 is 15.8 Å². The summed E-state index contributed by atoms with van der Waals surface area (Å²) in [4.78, 5) is 10.3. The summed E-state index contributed by atoms with van der Waals surface area (Å²) in [5.41, 5.74) is 7.10. The Bertz CT molecular complexity index is 375. The monoisotopic (exact) mass is 209 g/mol. The van der Waals surface area contributed by atoms with E-state index >= 15 is 0 Å². The number of oxime groups is 1. The second-order valence-electron chi connectivity index (χ2n) is 3.44. The number of nitrogens with zero attached hydrogens (tertiary/aromatic N) is 4. The molecule has 0 aliphatic heterocycles. The van der Waals surface area contributed by atoms with Gasteiger partial charge in [-0.1, -0.05) is 5.16 Å². The molecular formula is C9H15N5O. The smallest absolute Gasteiger partial charge is 0.224 e. The first-order valence-electron chi connectivity index (χ1n) is 4.51. The van der Waals surface area contributed by atoms with Crippen molar-refractivity contribution in [1.29, 1.82) is 0 Å². The third-order valence-corrected chi connectivity index (χ3v) is 1.97. The second kappa shape index (κ2) is 4.59. The van der Waals surface area contributed by atoms with Gasteiger partial charge in [0, 0.05) is 32.4 Å². The summed E-state index contributed by atoms with van der Waals surface area (Å²) >= 11 is 0. The molecule has 0 aromatic carbocycles. The maximum Gasteiger partial charge on any atom is 0.224 e. The van der Waals surface area contributed by atoms with Gasteiger partial charge in [0.05, 0.1) is 0 Å². The Balaban J connectivity index is 2.93. The van der Waals surface area contributed by atoms with Crippen LogP contribution in [-0.2, 0) is 6.42 Å². The summed E-state index contributed by atoms with van der Waals surface area (Å²) < 4.78 is 0. The van der Waals surface area contributed by atoms with Gasteiger partial charge in [-0.25, -0.2) is 9.97 Å². The molecule has 1 rings (SSSR count). The first-order valence-corrected chi connectivity index (χ1v) is 4.51. The first kappa shape index (κ1) is 11.2. The van der Waals surface area contributed by atoms with Crippen molar-refractivity contribution in [2.75, 3.05) is 19.0 Å². The Morgan fingerprint density at radius 1 is 1.60 bits per heavy atom. The fraction of sp³-hybridized carbons (Fsp3) is 0.444. The average Bonchev–Trinajstić information content (AvgIpc) is 2.20. The van der Waals surface area contributed by atoms with Crippen LogP contribution >= 0.6 is 0 Å². The van der Waals surface area contributed by atoms with Gasteiger partial charge in [-0.15, -0.1) is 0 Å². The van der Waals surface area contributed by atoms with Crippen molar-refractivity contribution in [3.63, 3.8) is 0 Å². The lowest BCUT2D eigenvalue weighted by atomic mass is 10.2. The predicted molar refractivity (Wildman–Crippen MR) is 58.2 cm³/mol. The fourth-order valence-electron chi connectivity index (χ4n) is 1.10. The van der Waals surface area contributed by atoms with E-state index < -0.39 is 0 Å². The number of anilines is 1. The topological polar surface area (TPSA) is 87.6 Å². The molecule has 0 aliphatic rings. The SMILES string of the molecule is Cc1nc(N(C)C)ncc1C/C(N)=N/O. The minimum absolute atomic E-state index is 0.152. The highest BCUT2D eigenvalue weighted by Gasteiger charge is 2.06. The van der Waals surface area contributed by atoms with Crippen LogP contribution in [0.4, 0.5) is 5.95 Å². The highest BCUT2D eigenvalue weighted by atomic mass is 16.4. The van der Waals surface area contributed by atoms with Crippen LogP contribution in [0.2, 0.25) is 0 Å². The van der Waals surface area contributed by atoms with Gasteiger partial charge in [0.25, 0.3) is 0 Å². The lowest BCUT2D eigenvalue weighted by Gasteiger charge is -2.11. The van der Waals surface area contributed by atoms with E-state index in [4.69, 9.17) is 10.9 Å². The maximum absolute atomic E-state index is 8.44. The predicted octanol–water partition coefficient (Wildman–Crippen LogP) is 0.140. The molecule has 0 saturated carbocycles. The Labute approximate surface area is 88.4 Å². The van der Waals surface area contributed by atoms with Gasteiger partial charge in [-0.05, 0) is 12.5 Å². The fourth-order valence-corrected chi connectivity index (χ4v) is 1.10. The molecule has 0 aliphatic carbocycles. The number of hydrogen-bond donors (Lipinski definition) is 2. The van der Waals surface area contributed by atoms with Crippen LogP contribution in [0.1, 0.15) is 11.3 Å². The molecule has 15 heavy (non-hydrogen) atoms. The molecule has 0 fully saturated rings. The highest BCUT2D eigenvalue weighted by Crippen LogP contribution is 2.09. The van der Waals surface area contributed by atoms with Gasteiger partial charge in [0.1, 0.15) is 5.84 Å². The van der Waals surface area contributed by atoms with Crippen LogP contribution in [0.15, 0.2) is 11.4 Å². The Morgan fingerprint density at radius 2 is 2.27 bits per heavy atom. The molecule has 82 valence electrons. The van der Waals surface area contributed by atoms with E-state index in [1.54, 1.807) is 6.20 Å². The van der Waals surface area contributed by atoms with E-state index in [-0.39, 0.29) is 5.84 Å². The van der Waals surface area contributed by atoms with Gasteiger partial charge >= 0.3 is 0 Å². The van der Waals surface area contributed by atoms with Crippen molar-refractivity contribution in [1.82, 2.24) is 9.97 Å². The molecule has 3 N–H and O–H groups in total. The third-order valence-electron chi connectivity index (χ3n) is 1.97. The van der Waals surface area contributed by atoms with Crippen molar-refractivity contribution < 1.29 is 5.21 Å². The number of aryl methyl sites for hydroxylation is 1. The number of rotatable bonds is 3. The third kappa shape index (κ3) is 2.80. The molecule has 0 radical (unpaired) electrons. The van der Waals surface area contributed by atoms with Crippen molar-refractivity contribution in [3.05, 3.63) is 17.5 Å². The van der Waals surface area contributed by atoms with E-state index in [0.717, 1.165) is 11.3 Å². The van der Waals surface area contributed by atoms with Crippen molar-refractivity contribution in [2.24, 2.45) is 10.9 Å². The molecule has 1 heterocycles. The number of nitrogens with two attached hydrogens (primary N) is 1. The van der Waals surface area contributed by atoms with Crippen LogP contribution < -0.4 is 10.6 Å². The summed E-state index contributed by atoms with van der Waals surface area (Å²) in [6.45, 7) is 1.87. The molecule has 1 aromatic heterocycles. The largest absolute Gasteiger partial charge is 0.409 e. The minimum Gasteiger partial charge on any atom is -0.409 e. The molecule has 6 heteroatoms. The maximum atomic E-state index is 8.44. The average molecular weight is 209 g/mol. The summed E-state index contributed by atoms with van der Waals surface area (Å²) in [7, 11) is 3.75. The highest BCUT2D eigenvalue weighted by molar-refractivity contribution is 5.82. The Kier molecular flexibility index (Phi) is 3.43. The van der Waals surface area contributed by atoms with Crippen molar-refractivity contribution in [3.8, 4) is 0 Å². The minimum atomic E-state index is 0.152. The molecule has 0 spiro atoms. The quantitative estimate of drug-likeness (QED) is 0.320. The van der Waals surface area contributed by atoms with E-state index in [9.17, 15) is 0 Å². The first-order chi connectivity index (χ1) is 7.04. The molecule has 6 nitrogen and oxygen atoms in total. The molecule has 0 unspecified atom stereocenters. The number of amidine groups is 1. The van der Waals surface area contributed by atoms with Crippen LogP contribution in [0, 0.1) is 6.92 Å². The standard InChI is InChI=1S/C9H15N5O/c1-6-7(4-8(10)13-15)5-11-9(12-6)14(2)3/h5,15H,4H2,1-3H3,(H2,10,13). The molecule has 0 bridgehead atoms. The van der Waals surface area contributed by atoms with Gasteiger partial charge in [-0.3, -0.25) is 0 Å². The van der Waals surface area contributed by atoms with Gasteiger partial charge in [-0.2, -0.15) is 0 Å². The molecule has 0 amide bonds. The van der Waals surface area contributed by atoms with Crippen molar-refractivity contribution in [2.45, 2.75) is 13.3 Å². The summed E-state index contributed by atoms with van der Waals surface area (Å²) in [6.07, 6.45) is 2.05. The lowest BCUT2D eigenvalue weighted by molar-refractivity contribution is 0.317. The number of hydrogen-bond acceptors (Lipinski definition) is 5. The molecule has 0 saturated heterocycles. The molecule has 0 atom stereocenters. The molecular weight excluding hydrogens is 194 g/mol. The van der Waals surface area contributed by atoms with Gasteiger partial charge in [0.15, 0.2) is 0 Å². The van der Waals surface area contributed by atoms with Crippen LogP contribution in [0.3, 0.4) is 0 Å². The normalized spacial score (nSPS) is 11.5. The summed E-state index contributed by atoms with van der Waals surface area (Å²) in [5, 5.41) is 11.4. The summed E-state index contributed by atoms with van der Waals surface area (Å²) in [5.74, 6) is 0.801. The zero-order chi connectivity index (χ0) is 11.4. The Morgan fingerprint density at radius 3 is 2.73 bits per heavy atom. The van der Waals surface area contributed by atoms with Crippen LogP contribution in [0.5, 0.6) is 0 Å². The zero-order valence-electron chi connectivity index (χ0n) is 9.10. The van der Waals surface area contributed by atoms with E-state index in [0.29, 0.717) is 12.4 Å². The number of aromatic nitrogens is 2.